The fourth-order valence-electron chi connectivity index (χ4n) is 2.22. The molecule has 0 aliphatic carbocycles. The maximum atomic E-state index is 12.5. The van der Waals surface area contributed by atoms with E-state index in [1.54, 1.807) is 13.8 Å². The molecule has 1 atom stereocenters. The highest BCUT2D eigenvalue weighted by atomic mass is 19.4. The Morgan fingerprint density at radius 1 is 1.43 bits per heavy atom. The Bertz CT molecular complexity index is 315. The summed E-state index contributed by atoms with van der Waals surface area (Å²) in [6.45, 7) is 3.72. The third kappa shape index (κ3) is 8.26. The zero-order valence-electron chi connectivity index (χ0n) is 12.6. The summed E-state index contributed by atoms with van der Waals surface area (Å²) in [5.41, 5.74) is 0. The van der Waals surface area contributed by atoms with E-state index < -0.39 is 18.6 Å². The molecule has 0 spiro atoms. The zero-order chi connectivity index (χ0) is 15.9. The molecule has 1 fully saturated rings. The van der Waals surface area contributed by atoms with E-state index >= 15 is 0 Å². The normalized spacial score (nSPS) is 19.2. The summed E-state index contributed by atoms with van der Waals surface area (Å²) in [6, 6.07) is 0. The highest BCUT2D eigenvalue weighted by Crippen LogP contribution is 2.18. The molecule has 124 valence electrons. The minimum atomic E-state index is -4.37. The number of rotatable bonds is 8. The summed E-state index contributed by atoms with van der Waals surface area (Å²) in [4.78, 5) is 12.7. The van der Waals surface area contributed by atoms with Crippen LogP contribution in [0.4, 0.5) is 13.2 Å². The number of hydrogen-bond acceptors (Lipinski definition) is 3. The minimum absolute atomic E-state index is 0.0101. The van der Waals surface area contributed by atoms with Crippen LogP contribution in [0.1, 0.15) is 33.1 Å². The quantitative estimate of drug-likeness (QED) is 0.647. The van der Waals surface area contributed by atoms with Crippen LogP contribution in [0.2, 0.25) is 0 Å². The van der Waals surface area contributed by atoms with Crippen LogP contribution in [0, 0.1) is 5.92 Å². The number of carbonyl (C=O) groups is 1. The number of halogens is 3. The third-order valence-corrected chi connectivity index (χ3v) is 3.10. The Labute approximate surface area is 123 Å². The molecule has 0 radical (unpaired) electrons. The summed E-state index contributed by atoms with van der Waals surface area (Å²) < 4.78 is 48.1. The van der Waals surface area contributed by atoms with Gasteiger partial charge in [0.2, 0.25) is 5.91 Å². The lowest BCUT2D eigenvalue weighted by molar-refractivity contribution is -0.162. The summed E-state index contributed by atoms with van der Waals surface area (Å²) in [5, 5.41) is 0. The van der Waals surface area contributed by atoms with Gasteiger partial charge in [-0.15, -0.1) is 0 Å². The van der Waals surface area contributed by atoms with Crippen LogP contribution in [0.5, 0.6) is 0 Å². The molecule has 0 saturated carbocycles. The number of amides is 1. The van der Waals surface area contributed by atoms with Crippen LogP contribution >= 0.6 is 0 Å². The molecule has 1 unspecified atom stereocenters. The molecule has 0 N–H and O–H groups in total. The first-order chi connectivity index (χ1) is 9.78. The van der Waals surface area contributed by atoms with Gasteiger partial charge in [-0.3, -0.25) is 4.79 Å². The first kappa shape index (κ1) is 18.2. The minimum Gasteiger partial charge on any atom is -0.378 e. The standard InChI is InChI=1S/C14H24F3NO3/c1-11(2)8-18(10-14(15,16)17)13(19)5-7-20-9-12-4-3-6-21-12/h11-12H,3-10H2,1-2H3. The average molecular weight is 311 g/mol. The molecule has 1 aliphatic rings. The van der Waals surface area contributed by atoms with Gasteiger partial charge in [-0.05, 0) is 18.8 Å². The molecule has 7 heteroatoms. The van der Waals surface area contributed by atoms with Gasteiger partial charge in [-0.1, -0.05) is 13.8 Å². The smallest absolute Gasteiger partial charge is 0.378 e. The highest BCUT2D eigenvalue weighted by molar-refractivity contribution is 5.76. The van der Waals surface area contributed by atoms with Crippen molar-refractivity contribution in [2.45, 2.75) is 45.4 Å². The van der Waals surface area contributed by atoms with Crippen molar-refractivity contribution in [1.82, 2.24) is 4.90 Å². The van der Waals surface area contributed by atoms with E-state index in [0.29, 0.717) is 6.61 Å². The van der Waals surface area contributed by atoms with Gasteiger partial charge in [0.05, 0.1) is 25.7 Å². The zero-order valence-corrected chi connectivity index (χ0v) is 12.6. The van der Waals surface area contributed by atoms with Gasteiger partial charge >= 0.3 is 6.18 Å². The Morgan fingerprint density at radius 3 is 2.67 bits per heavy atom. The van der Waals surface area contributed by atoms with E-state index in [-0.39, 0.29) is 31.6 Å². The lowest BCUT2D eigenvalue weighted by atomic mass is 10.2. The predicted molar refractivity (Wildman–Crippen MR) is 71.9 cm³/mol. The molecule has 0 aromatic rings. The largest absolute Gasteiger partial charge is 0.406 e. The van der Waals surface area contributed by atoms with Gasteiger partial charge in [0.1, 0.15) is 6.54 Å². The van der Waals surface area contributed by atoms with Crippen molar-refractivity contribution in [3.63, 3.8) is 0 Å². The predicted octanol–water partition coefficient (Wildman–Crippen LogP) is 2.62. The van der Waals surface area contributed by atoms with Crippen LogP contribution < -0.4 is 0 Å². The van der Waals surface area contributed by atoms with E-state index in [1.807, 2.05) is 0 Å². The molecule has 4 nitrogen and oxygen atoms in total. The monoisotopic (exact) mass is 311 g/mol. The fourth-order valence-corrected chi connectivity index (χ4v) is 2.22. The number of hydrogen-bond donors (Lipinski definition) is 0. The maximum Gasteiger partial charge on any atom is 0.406 e. The van der Waals surface area contributed by atoms with Crippen molar-refractivity contribution < 1.29 is 27.4 Å². The van der Waals surface area contributed by atoms with Crippen LogP contribution in [0.25, 0.3) is 0 Å². The second-order valence-electron chi connectivity index (χ2n) is 5.74. The lowest BCUT2D eigenvalue weighted by Gasteiger charge is -2.25. The van der Waals surface area contributed by atoms with E-state index in [2.05, 4.69) is 0 Å². The van der Waals surface area contributed by atoms with Gasteiger partial charge in [0.15, 0.2) is 0 Å². The molecule has 1 rings (SSSR count). The Kier molecular flexibility index (Phi) is 7.45. The molecule has 1 saturated heterocycles. The van der Waals surface area contributed by atoms with Crippen molar-refractivity contribution in [2.75, 3.05) is 32.9 Å². The second kappa shape index (κ2) is 8.58. The number of nitrogens with zero attached hydrogens (tertiary/aromatic N) is 1. The van der Waals surface area contributed by atoms with Crippen LogP contribution in [-0.4, -0.2) is 56.0 Å². The van der Waals surface area contributed by atoms with E-state index in [4.69, 9.17) is 9.47 Å². The average Bonchev–Trinajstić information content (AvgIpc) is 2.84. The summed E-state index contributed by atoms with van der Waals surface area (Å²) in [7, 11) is 0. The summed E-state index contributed by atoms with van der Waals surface area (Å²) >= 11 is 0. The molecule has 0 bridgehead atoms. The first-order valence-corrected chi connectivity index (χ1v) is 7.32. The van der Waals surface area contributed by atoms with Crippen molar-refractivity contribution in [3.05, 3.63) is 0 Å². The van der Waals surface area contributed by atoms with Crippen molar-refractivity contribution >= 4 is 5.91 Å². The van der Waals surface area contributed by atoms with Gasteiger partial charge in [-0.2, -0.15) is 13.2 Å². The number of ether oxygens (including phenoxy) is 2. The molecule has 0 aromatic heterocycles. The Balaban J connectivity index is 2.29. The second-order valence-corrected chi connectivity index (χ2v) is 5.74. The van der Waals surface area contributed by atoms with Gasteiger partial charge in [0.25, 0.3) is 0 Å². The maximum absolute atomic E-state index is 12.5. The van der Waals surface area contributed by atoms with Crippen LogP contribution in [0.15, 0.2) is 0 Å². The van der Waals surface area contributed by atoms with Crippen LogP contribution in [-0.2, 0) is 14.3 Å². The molecule has 1 aliphatic heterocycles. The number of alkyl halides is 3. The topological polar surface area (TPSA) is 38.8 Å². The highest BCUT2D eigenvalue weighted by Gasteiger charge is 2.33. The van der Waals surface area contributed by atoms with Gasteiger partial charge in [0, 0.05) is 13.2 Å². The van der Waals surface area contributed by atoms with Gasteiger partial charge < -0.3 is 14.4 Å². The Hall–Kier alpha value is -0.820. The number of carbonyl (C=O) groups excluding carboxylic acids is 1. The van der Waals surface area contributed by atoms with E-state index in [9.17, 15) is 18.0 Å². The van der Waals surface area contributed by atoms with Crippen molar-refractivity contribution in [3.8, 4) is 0 Å². The fraction of sp³-hybridized carbons (Fsp3) is 0.929. The van der Waals surface area contributed by atoms with Crippen molar-refractivity contribution in [1.29, 1.82) is 0 Å². The molecule has 1 amide bonds. The molecule has 21 heavy (non-hydrogen) atoms. The van der Waals surface area contributed by atoms with E-state index in [0.717, 1.165) is 24.3 Å². The molecular weight excluding hydrogens is 287 g/mol. The molecular formula is C14H24F3NO3. The molecule has 0 aromatic carbocycles. The lowest BCUT2D eigenvalue weighted by Crippen LogP contribution is -2.41. The van der Waals surface area contributed by atoms with Gasteiger partial charge in [-0.25, -0.2) is 0 Å². The third-order valence-electron chi connectivity index (χ3n) is 3.10. The Morgan fingerprint density at radius 2 is 2.14 bits per heavy atom. The SMILES string of the molecule is CC(C)CN(CC(F)(F)F)C(=O)CCOCC1CCCO1. The van der Waals surface area contributed by atoms with E-state index in [1.165, 1.54) is 0 Å². The van der Waals surface area contributed by atoms with Crippen molar-refractivity contribution in [2.24, 2.45) is 5.92 Å². The van der Waals surface area contributed by atoms with Crippen LogP contribution in [0.3, 0.4) is 0 Å². The summed E-state index contributed by atoms with van der Waals surface area (Å²) in [5.74, 6) is -0.530. The first-order valence-electron chi connectivity index (χ1n) is 7.32. The summed E-state index contributed by atoms with van der Waals surface area (Å²) in [6.07, 6.45) is -2.41. The molecule has 1 heterocycles.